The first-order chi connectivity index (χ1) is 18.9. The fourth-order valence-corrected chi connectivity index (χ4v) is 6.09. The molecule has 4 heterocycles. The van der Waals surface area contributed by atoms with Crippen LogP contribution in [-0.2, 0) is 0 Å². The van der Waals surface area contributed by atoms with Gasteiger partial charge in [-0.05, 0) is 35.4 Å². The van der Waals surface area contributed by atoms with Crippen molar-refractivity contribution < 1.29 is 0 Å². The Labute approximate surface area is 220 Å². The third-order valence-corrected chi connectivity index (χ3v) is 7.71. The maximum atomic E-state index is 4.97. The standard InChI is InChI=1S/C33H23N5/c1-2-11-24-23(10-1)25-12-3-7-17-30(25)38(31-18-8-4-13-26(24)31)33-35-20-22(21-36-33)37-29-16-6-5-14-27(29)28-15-9-19-34-32(28)37/h1-21,25,30H. The molecule has 5 heteroatoms. The van der Waals surface area contributed by atoms with E-state index in [2.05, 4.69) is 113 Å². The predicted molar refractivity (Wildman–Crippen MR) is 153 cm³/mol. The Hall–Kier alpha value is -5.03. The SMILES string of the molecule is C1=CC2c3ccccc3-c3ccccc3N(c3ncc(-n4c5ccccc5c5cccnc54)cn3)C2C=C1. The van der Waals surface area contributed by atoms with Gasteiger partial charge in [0.15, 0.2) is 0 Å². The van der Waals surface area contributed by atoms with Crippen LogP contribution >= 0.6 is 0 Å². The molecule has 2 unspecified atom stereocenters. The highest BCUT2D eigenvalue weighted by Crippen LogP contribution is 2.47. The quantitative estimate of drug-likeness (QED) is 0.255. The molecule has 0 spiro atoms. The summed E-state index contributed by atoms with van der Waals surface area (Å²) in [6, 6.07) is 29.8. The number of aromatic nitrogens is 4. The van der Waals surface area contributed by atoms with Crippen LogP contribution in [0.2, 0.25) is 0 Å². The summed E-state index contributed by atoms with van der Waals surface area (Å²) in [5.74, 6) is 0.867. The van der Waals surface area contributed by atoms with Gasteiger partial charge in [0, 0.05) is 28.5 Å². The Morgan fingerprint density at radius 2 is 1.37 bits per heavy atom. The van der Waals surface area contributed by atoms with Gasteiger partial charge in [0.1, 0.15) is 5.65 Å². The van der Waals surface area contributed by atoms with Gasteiger partial charge in [-0.25, -0.2) is 15.0 Å². The molecule has 1 aliphatic carbocycles. The molecule has 0 amide bonds. The smallest absolute Gasteiger partial charge is 0.230 e. The Bertz CT molecular complexity index is 1840. The minimum Gasteiger partial charge on any atom is -0.302 e. The zero-order chi connectivity index (χ0) is 25.1. The highest BCUT2D eigenvalue weighted by atomic mass is 15.3. The molecule has 3 aromatic heterocycles. The Morgan fingerprint density at radius 3 is 2.29 bits per heavy atom. The average Bonchev–Trinajstić information content (AvgIpc) is 3.26. The summed E-state index contributed by atoms with van der Waals surface area (Å²) in [6.45, 7) is 0. The topological polar surface area (TPSA) is 46.8 Å². The van der Waals surface area contributed by atoms with E-state index >= 15 is 0 Å². The summed E-state index contributed by atoms with van der Waals surface area (Å²) >= 11 is 0. The van der Waals surface area contributed by atoms with E-state index in [1.54, 1.807) is 0 Å². The fraction of sp³-hybridized carbons (Fsp3) is 0.0606. The number of benzene rings is 3. The van der Waals surface area contributed by atoms with Crippen molar-refractivity contribution in [3.05, 3.63) is 133 Å². The average molecular weight is 490 g/mol. The van der Waals surface area contributed by atoms with E-state index in [0.29, 0.717) is 5.95 Å². The van der Waals surface area contributed by atoms with Crippen LogP contribution in [0.15, 0.2) is 128 Å². The van der Waals surface area contributed by atoms with Crippen molar-refractivity contribution in [2.75, 3.05) is 4.90 Å². The van der Waals surface area contributed by atoms with Gasteiger partial charge in [-0.15, -0.1) is 0 Å². The van der Waals surface area contributed by atoms with Gasteiger partial charge in [0.05, 0.1) is 35.3 Å². The van der Waals surface area contributed by atoms with Crippen LogP contribution in [0.3, 0.4) is 0 Å². The molecule has 2 aliphatic rings. The van der Waals surface area contributed by atoms with Crippen LogP contribution in [0, 0.1) is 0 Å². The van der Waals surface area contributed by atoms with Gasteiger partial charge in [0.2, 0.25) is 5.95 Å². The summed E-state index contributed by atoms with van der Waals surface area (Å²) in [5, 5.41) is 2.29. The summed E-state index contributed by atoms with van der Waals surface area (Å²) in [5.41, 5.74) is 7.77. The number of rotatable bonds is 2. The molecule has 0 N–H and O–H groups in total. The molecule has 6 aromatic rings. The zero-order valence-corrected chi connectivity index (χ0v) is 20.5. The van der Waals surface area contributed by atoms with E-state index in [1.165, 1.54) is 22.1 Å². The van der Waals surface area contributed by atoms with Gasteiger partial charge in [-0.2, -0.15) is 0 Å². The lowest BCUT2D eigenvalue weighted by Gasteiger charge is -2.34. The number of hydrogen-bond donors (Lipinski definition) is 0. The molecule has 180 valence electrons. The van der Waals surface area contributed by atoms with Gasteiger partial charge >= 0.3 is 0 Å². The van der Waals surface area contributed by atoms with Gasteiger partial charge < -0.3 is 4.90 Å². The Morgan fingerprint density at radius 1 is 0.632 bits per heavy atom. The van der Waals surface area contributed by atoms with Gasteiger partial charge in [-0.1, -0.05) is 85.0 Å². The first-order valence-corrected chi connectivity index (χ1v) is 12.9. The van der Waals surface area contributed by atoms with Crippen LogP contribution in [0.5, 0.6) is 0 Å². The fourth-order valence-electron chi connectivity index (χ4n) is 6.09. The maximum absolute atomic E-state index is 4.97. The Balaban J connectivity index is 1.31. The van der Waals surface area contributed by atoms with Gasteiger partial charge in [-0.3, -0.25) is 4.57 Å². The van der Waals surface area contributed by atoms with Gasteiger partial charge in [0.25, 0.3) is 0 Å². The number of nitrogens with zero attached hydrogens (tertiary/aromatic N) is 5. The van der Waals surface area contributed by atoms with Crippen molar-refractivity contribution in [3.8, 4) is 16.8 Å². The summed E-state index contributed by atoms with van der Waals surface area (Å²) in [4.78, 5) is 16.9. The number of anilines is 2. The second-order valence-corrected chi connectivity index (χ2v) is 9.73. The number of fused-ring (bicyclic) bond motifs is 8. The molecule has 0 radical (unpaired) electrons. The Kier molecular flexibility index (Phi) is 4.58. The summed E-state index contributed by atoms with van der Waals surface area (Å²) in [7, 11) is 0. The molecule has 3 aromatic carbocycles. The third kappa shape index (κ3) is 3.02. The van der Waals surface area contributed by atoms with E-state index < -0.39 is 0 Å². The third-order valence-electron chi connectivity index (χ3n) is 7.71. The largest absolute Gasteiger partial charge is 0.302 e. The van der Waals surface area contributed by atoms with Crippen molar-refractivity contribution >= 4 is 33.6 Å². The lowest BCUT2D eigenvalue weighted by atomic mass is 9.85. The normalized spacial score (nSPS) is 17.7. The lowest BCUT2D eigenvalue weighted by molar-refractivity contribution is 0.683. The minimum atomic E-state index is 0.0607. The molecule has 38 heavy (non-hydrogen) atoms. The monoisotopic (exact) mass is 489 g/mol. The van der Waals surface area contributed by atoms with E-state index in [9.17, 15) is 0 Å². The molecule has 0 saturated carbocycles. The predicted octanol–water partition coefficient (Wildman–Crippen LogP) is 7.37. The highest BCUT2D eigenvalue weighted by molar-refractivity contribution is 6.07. The summed E-state index contributed by atoms with van der Waals surface area (Å²) < 4.78 is 2.15. The van der Waals surface area contributed by atoms with E-state index in [1.807, 2.05) is 24.7 Å². The number of allylic oxidation sites excluding steroid dienone is 2. The van der Waals surface area contributed by atoms with Crippen LogP contribution in [0.4, 0.5) is 11.6 Å². The van der Waals surface area contributed by atoms with Crippen LogP contribution in [0.1, 0.15) is 11.5 Å². The maximum Gasteiger partial charge on any atom is 0.230 e. The van der Waals surface area contributed by atoms with Crippen molar-refractivity contribution in [2.24, 2.45) is 0 Å². The molecule has 0 bridgehead atoms. The lowest BCUT2D eigenvalue weighted by Crippen LogP contribution is -2.35. The number of hydrogen-bond acceptors (Lipinski definition) is 4. The van der Waals surface area contributed by atoms with Crippen molar-refractivity contribution in [3.63, 3.8) is 0 Å². The van der Waals surface area contributed by atoms with Crippen molar-refractivity contribution in [2.45, 2.75) is 12.0 Å². The van der Waals surface area contributed by atoms with Crippen LogP contribution in [0.25, 0.3) is 38.8 Å². The van der Waals surface area contributed by atoms with Crippen LogP contribution in [-0.4, -0.2) is 25.6 Å². The van der Waals surface area contributed by atoms with E-state index in [4.69, 9.17) is 15.0 Å². The van der Waals surface area contributed by atoms with E-state index in [0.717, 1.165) is 27.9 Å². The molecular weight excluding hydrogens is 466 g/mol. The molecule has 8 rings (SSSR count). The molecule has 0 saturated heterocycles. The summed E-state index contributed by atoms with van der Waals surface area (Å²) in [6.07, 6.45) is 14.5. The second kappa shape index (κ2) is 8.25. The zero-order valence-electron chi connectivity index (χ0n) is 20.5. The second-order valence-electron chi connectivity index (χ2n) is 9.73. The van der Waals surface area contributed by atoms with Crippen molar-refractivity contribution in [1.82, 2.24) is 19.5 Å². The molecule has 0 fully saturated rings. The van der Waals surface area contributed by atoms with Crippen molar-refractivity contribution in [1.29, 1.82) is 0 Å². The molecule has 5 nitrogen and oxygen atoms in total. The number of pyridine rings is 1. The number of para-hydroxylation sites is 2. The van der Waals surface area contributed by atoms with Crippen LogP contribution < -0.4 is 4.90 Å². The molecule has 2 atom stereocenters. The first kappa shape index (κ1) is 21.1. The van der Waals surface area contributed by atoms with E-state index in [-0.39, 0.29) is 12.0 Å². The minimum absolute atomic E-state index is 0.0607. The molecule has 1 aliphatic heterocycles. The highest BCUT2D eigenvalue weighted by Gasteiger charge is 2.35. The first-order valence-electron chi connectivity index (χ1n) is 12.9. The molecular formula is C33H23N5.